The van der Waals surface area contributed by atoms with Gasteiger partial charge in [-0.1, -0.05) is 29.8 Å². The first-order chi connectivity index (χ1) is 6.15. The molecule has 1 aromatic rings. The van der Waals surface area contributed by atoms with E-state index in [1.807, 2.05) is 31.2 Å². The third-order valence-corrected chi connectivity index (χ3v) is 1.91. The number of nitrogens with one attached hydrogen (secondary N) is 1. The lowest BCUT2D eigenvalue weighted by atomic mass is 10.1. The standard InChI is InChI=1S/C10H13NO2/c1-7-4-3-5-8(6-7)9(11-2)10(12)13/h3-6,9,11H,1-2H3,(H,12,13). The Bertz CT molecular complexity index is 310. The largest absolute Gasteiger partial charge is 0.480 e. The fourth-order valence-corrected chi connectivity index (χ4v) is 1.28. The lowest BCUT2D eigenvalue weighted by Gasteiger charge is -2.11. The normalized spacial score (nSPS) is 12.5. The maximum absolute atomic E-state index is 10.8. The number of carbonyl (C=O) groups is 1. The molecule has 0 radical (unpaired) electrons. The van der Waals surface area contributed by atoms with Crippen LogP contribution in [0.1, 0.15) is 17.2 Å². The fraction of sp³-hybridized carbons (Fsp3) is 0.300. The molecule has 13 heavy (non-hydrogen) atoms. The highest BCUT2D eigenvalue weighted by Gasteiger charge is 2.16. The van der Waals surface area contributed by atoms with Gasteiger partial charge in [0.05, 0.1) is 0 Å². The zero-order chi connectivity index (χ0) is 9.84. The summed E-state index contributed by atoms with van der Waals surface area (Å²) in [6, 6.07) is 6.87. The number of hydrogen-bond acceptors (Lipinski definition) is 2. The quantitative estimate of drug-likeness (QED) is 0.736. The average molecular weight is 179 g/mol. The van der Waals surface area contributed by atoms with E-state index in [9.17, 15) is 4.79 Å². The summed E-state index contributed by atoms with van der Waals surface area (Å²) in [6.07, 6.45) is 0. The van der Waals surface area contributed by atoms with Crippen LogP contribution in [0.25, 0.3) is 0 Å². The van der Waals surface area contributed by atoms with Gasteiger partial charge in [0, 0.05) is 0 Å². The average Bonchev–Trinajstić information content (AvgIpc) is 2.04. The number of hydrogen-bond donors (Lipinski definition) is 2. The van der Waals surface area contributed by atoms with Crippen LogP contribution in [0.2, 0.25) is 0 Å². The molecule has 0 amide bonds. The maximum atomic E-state index is 10.8. The summed E-state index contributed by atoms with van der Waals surface area (Å²) in [7, 11) is 1.64. The highest BCUT2D eigenvalue weighted by atomic mass is 16.4. The fourth-order valence-electron chi connectivity index (χ4n) is 1.28. The monoisotopic (exact) mass is 179 g/mol. The molecule has 0 saturated carbocycles. The van der Waals surface area contributed by atoms with Crippen molar-refractivity contribution in [1.29, 1.82) is 0 Å². The molecule has 1 atom stereocenters. The Morgan fingerprint density at radius 1 is 1.54 bits per heavy atom. The van der Waals surface area contributed by atoms with E-state index in [0.29, 0.717) is 0 Å². The molecule has 0 spiro atoms. The molecule has 1 unspecified atom stereocenters. The molecular formula is C10H13NO2. The molecule has 0 heterocycles. The summed E-state index contributed by atoms with van der Waals surface area (Å²) in [5.74, 6) is -0.854. The first-order valence-corrected chi connectivity index (χ1v) is 4.12. The second-order valence-electron chi connectivity index (χ2n) is 2.97. The van der Waals surface area contributed by atoms with Gasteiger partial charge in [-0.25, -0.2) is 0 Å². The lowest BCUT2D eigenvalue weighted by molar-refractivity contribution is -0.139. The predicted octanol–water partition coefficient (Wildman–Crippen LogP) is 1.34. The van der Waals surface area contributed by atoms with E-state index in [1.165, 1.54) is 0 Å². The molecule has 1 aromatic carbocycles. The van der Waals surface area contributed by atoms with Crippen LogP contribution >= 0.6 is 0 Å². The van der Waals surface area contributed by atoms with Crippen molar-refractivity contribution < 1.29 is 9.90 Å². The molecule has 70 valence electrons. The molecule has 2 N–H and O–H groups in total. The van der Waals surface area contributed by atoms with Crippen molar-refractivity contribution in [1.82, 2.24) is 5.32 Å². The topological polar surface area (TPSA) is 49.3 Å². The highest BCUT2D eigenvalue weighted by Crippen LogP contribution is 2.13. The molecule has 0 aliphatic carbocycles. The number of rotatable bonds is 3. The minimum atomic E-state index is -0.854. The zero-order valence-corrected chi connectivity index (χ0v) is 7.74. The van der Waals surface area contributed by atoms with E-state index < -0.39 is 12.0 Å². The van der Waals surface area contributed by atoms with Gasteiger partial charge in [-0.05, 0) is 19.5 Å². The van der Waals surface area contributed by atoms with E-state index in [1.54, 1.807) is 7.05 Å². The van der Waals surface area contributed by atoms with Gasteiger partial charge < -0.3 is 10.4 Å². The van der Waals surface area contributed by atoms with Gasteiger partial charge in [-0.2, -0.15) is 0 Å². The molecule has 0 aromatic heterocycles. The maximum Gasteiger partial charge on any atom is 0.325 e. The first-order valence-electron chi connectivity index (χ1n) is 4.12. The van der Waals surface area contributed by atoms with Crippen molar-refractivity contribution in [2.75, 3.05) is 7.05 Å². The molecule has 3 heteroatoms. The first kappa shape index (κ1) is 9.74. The molecule has 1 rings (SSSR count). The summed E-state index contributed by atoms with van der Waals surface area (Å²) >= 11 is 0. The number of aliphatic carboxylic acids is 1. The Morgan fingerprint density at radius 2 is 2.23 bits per heavy atom. The Morgan fingerprint density at radius 3 is 2.69 bits per heavy atom. The molecular weight excluding hydrogens is 166 g/mol. The van der Waals surface area contributed by atoms with Crippen molar-refractivity contribution in [3.63, 3.8) is 0 Å². The number of carboxylic acid groups (broad SMARTS) is 1. The van der Waals surface area contributed by atoms with Gasteiger partial charge in [-0.15, -0.1) is 0 Å². The Labute approximate surface area is 77.4 Å². The Balaban J connectivity index is 2.98. The van der Waals surface area contributed by atoms with Crippen LogP contribution in [0, 0.1) is 6.92 Å². The van der Waals surface area contributed by atoms with Gasteiger partial charge in [0.25, 0.3) is 0 Å². The summed E-state index contributed by atoms with van der Waals surface area (Å²) < 4.78 is 0. The summed E-state index contributed by atoms with van der Waals surface area (Å²) in [6.45, 7) is 1.94. The number of benzene rings is 1. The third-order valence-electron chi connectivity index (χ3n) is 1.91. The van der Waals surface area contributed by atoms with Crippen molar-refractivity contribution in [3.8, 4) is 0 Å². The summed E-state index contributed by atoms with van der Waals surface area (Å²) in [5, 5.41) is 11.6. The number of carboxylic acids is 1. The van der Waals surface area contributed by atoms with Crippen molar-refractivity contribution in [3.05, 3.63) is 35.4 Å². The van der Waals surface area contributed by atoms with Gasteiger partial charge in [0.15, 0.2) is 0 Å². The van der Waals surface area contributed by atoms with Crippen molar-refractivity contribution in [2.45, 2.75) is 13.0 Å². The third kappa shape index (κ3) is 2.29. The minimum Gasteiger partial charge on any atom is -0.480 e. The smallest absolute Gasteiger partial charge is 0.325 e. The van der Waals surface area contributed by atoms with Crippen LogP contribution in [0.4, 0.5) is 0 Å². The molecule has 3 nitrogen and oxygen atoms in total. The van der Waals surface area contributed by atoms with Gasteiger partial charge in [0.2, 0.25) is 0 Å². The van der Waals surface area contributed by atoms with Crippen LogP contribution in [-0.4, -0.2) is 18.1 Å². The lowest BCUT2D eigenvalue weighted by Crippen LogP contribution is -2.24. The summed E-state index contributed by atoms with van der Waals surface area (Å²) in [5.41, 5.74) is 1.86. The molecule has 0 saturated heterocycles. The van der Waals surface area contributed by atoms with E-state index in [-0.39, 0.29) is 0 Å². The van der Waals surface area contributed by atoms with Gasteiger partial charge >= 0.3 is 5.97 Å². The van der Waals surface area contributed by atoms with Crippen LogP contribution in [-0.2, 0) is 4.79 Å². The van der Waals surface area contributed by atoms with Crippen LogP contribution in [0.3, 0.4) is 0 Å². The van der Waals surface area contributed by atoms with E-state index in [4.69, 9.17) is 5.11 Å². The summed E-state index contributed by atoms with van der Waals surface area (Å²) in [4.78, 5) is 10.8. The van der Waals surface area contributed by atoms with Crippen LogP contribution in [0.5, 0.6) is 0 Å². The number of aryl methyl sites for hydroxylation is 1. The van der Waals surface area contributed by atoms with Gasteiger partial charge in [-0.3, -0.25) is 4.79 Å². The minimum absolute atomic E-state index is 0.611. The van der Waals surface area contributed by atoms with E-state index in [0.717, 1.165) is 11.1 Å². The molecule has 0 bridgehead atoms. The SMILES string of the molecule is CNC(C(=O)O)c1cccc(C)c1. The van der Waals surface area contributed by atoms with Crippen molar-refractivity contribution in [2.24, 2.45) is 0 Å². The van der Waals surface area contributed by atoms with E-state index >= 15 is 0 Å². The van der Waals surface area contributed by atoms with E-state index in [2.05, 4.69) is 5.32 Å². The number of likely N-dealkylation sites (N-methyl/N-ethyl adjacent to an activating group) is 1. The Kier molecular flexibility index (Phi) is 3.03. The van der Waals surface area contributed by atoms with Crippen LogP contribution in [0.15, 0.2) is 24.3 Å². The highest BCUT2D eigenvalue weighted by molar-refractivity contribution is 5.75. The second-order valence-corrected chi connectivity index (χ2v) is 2.97. The predicted molar refractivity (Wildman–Crippen MR) is 50.6 cm³/mol. The Hall–Kier alpha value is -1.35. The molecule has 0 aliphatic rings. The molecule has 0 fully saturated rings. The van der Waals surface area contributed by atoms with Crippen LogP contribution < -0.4 is 5.32 Å². The molecule has 0 aliphatic heterocycles. The van der Waals surface area contributed by atoms with Crippen molar-refractivity contribution >= 4 is 5.97 Å². The second kappa shape index (κ2) is 4.05. The zero-order valence-electron chi connectivity index (χ0n) is 7.74. The van der Waals surface area contributed by atoms with Gasteiger partial charge in [0.1, 0.15) is 6.04 Å².